The predicted octanol–water partition coefficient (Wildman–Crippen LogP) is 25.7. The summed E-state index contributed by atoms with van der Waals surface area (Å²) in [7, 11) is -9.92. The van der Waals surface area contributed by atoms with E-state index in [2.05, 4.69) is 48.5 Å². The molecule has 0 fully saturated rings. The highest BCUT2D eigenvalue weighted by atomic mass is 31.2. The second-order valence-electron chi connectivity index (χ2n) is 31.8. The molecule has 0 aliphatic carbocycles. The van der Waals surface area contributed by atoms with Gasteiger partial charge < -0.3 is 33.8 Å². The molecule has 0 aromatic rings. The summed E-state index contributed by atoms with van der Waals surface area (Å²) in [6.07, 6.45) is 65.2. The number of carbonyl (C=O) groups excluding carboxylic acids is 4. The van der Waals surface area contributed by atoms with Gasteiger partial charge in [-0.15, -0.1) is 0 Å². The molecule has 0 saturated heterocycles. The van der Waals surface area contributed by atoms with Crippen LogP contribution in [0.3, 0.4) is 0 Å². The van der Waals surface area contributed by atoms with Crippen molar-refractivity contribution >= 4 is 39.5 Å². The lowest BCUT2D eigenvalue weighted by Gasteiger charge is -2.21. The van der Waals surface area contributed by atoms with Crippen LogP contribution in [-0.4, -0.2) is 96.7 Å². The zero-order valence-corrected chi connectivity index (χ0v) is 70.3. The first-order valence-electron chi connectivity index (χ1n) is 43.9. The zero-order chi connectivity index (χ0) is 76.5. The van der Waals surface area contributed by atoms with Crippen LogP contribution < -0.4 is 0 Å². The monoisotopic (exact) mass is 1520 g/mol. The van der Waals surface area contributed by atoms with E-state index in [1.807, 2.05) is 0 Å². The fourth-order valence-corrected chi connectivity index (χ4v) is 14.7. The Morgan fingerprint density at radius 2 is 0.490 bits per heavy atom. The third-order valence-corrected chi connectivity index (χ3v) is 22.1. The van der Waals surface area contributed by atoms with Crippen molar-refractivity contribution in [3.05, 3.63) is 0 Å². The number of aliphatic hydroxyl groups excluding tert-OH is 1. The van der Waals surface area contributed by atoms with Gasteiger partial charge in [0.05, 0.1) is 26.4 Å². The molecule has 0 bridgehead atoms. The van der Waals surface area contributed by atoms with Crippen molar-refractivity contribution in [3.63, 3.8) is 0 Å². The fraction of sp³-hybridized carbons (Fsp3) is 0.953. The predicted molar refractivity (Wildman–Crippen MR) is 428 cm³/mol. The number of phosphoric ester groups is 2. The number of ether oxygens (including phenoxy) is 4. The Balaban J connectivity index is 5.22. The summed E-state index contributed by atoms with van der Waals surface area (Å²) < 4.78 is 68.8. The molecule has 0 aliphatic rings. The van der Waals surface area contributed by atoms with Crippen molar-refractivity contribution in [3.8, 4) is 0 Å². The Morgan fingerprint density at radius 1 is 0.279 bits per heavy atom. The lowest BCUT2D eigenvalue weighted by Crippen LogP contribution is -2.30. The van der Waals surface area contributed by atoms with Gasteiger partial charge in [0.25, 0.3) is 0 Å². The molecule has 19 heteroatoms. The van der Waals surface area contributed by atoms with E-state index in [4.69, 9.17) is 37.0 Å². The summed E-state index contributed by atoms with van der Waals surface area (Å²) >= 11 is 0. The first-order chi connectivity index (χ1) is 50.3. The maximum atomic E-state index is 13.1. The average molecular weight is 1520 g/mol. The van der Waals surface area contributed by atoms with Crippen LogP contribution in [0, 0.1) is 17.8 Å². The van der Waals surface area contributed by atoms with E-state index in [1.165, 1.54) is 257 Å². The third-order valence-electron chi connectivity index (χ3n) is 20.2. The highest BCUT2D eigenvalue weighted by Crippen LogP contribution is 2.45. The summed E-state index contributed by atoms with van der Waals surface area (Å²) in [5, 5.41) is 10.7. The number of rotatable bonds is 83. The third kappa shape index (κ3) is 76.8. The largest absolute Gasteiger partial charge is 0.472 e. The van der Waals surface area contributed by atoms with E-state index < -0.39 is 97.5 Å². The first-order valence-corrected chi connectivity index (χ1v) is 46.9. The molecule has 0 saturated carbocycles. The average Bonchev–Trinajstić information content (AvgIpc) is 0.905. The maximum Gasteiger partial charge on any atom is 0.472 e. The standard InChI is InChI=1S/C85H166O17P2/c1-8-10-11-12-13-14-29-38-45-52-59-66-82(87)95-73-81(102-85(90)69-62-55-48-41-34-36-43-50-57-64-77(5)6)75-100-104(93,94)98-71-79(86)70-97-103(91,92)99-74-80(72-96-83(88)67-60-53-46-39-32-27-23-20-19-21-25-30-35-42-49-56-63-76(3)4)101-84(89)68-61-54-47-40-33-28-24-18-16-15-17-22-26-31-37-44-51-58-65-78(7)9-2/h76-81,86H,8-75H2,1-7H3,(H,91,92)(H,93,94)/t78?,79-,80-,81-/m1/s1. The highest BCUT2D eigenvalue weighted by Gasteiger charge is 2.30. The van der Waals surface area contributed by atoms with Crippen LogP contribution in [0.5, 0.6) is 0 Å². The van der Waals surface area contributed by atoms with E-state index in [9.17, 15) is 43.2 Å². The number of hydrogen-bond acceptors (Lipinski definition) is 15. The molecule has 0 spiro atoms. The minimum atomic E-state index is -4.97. The minimum absolute atomic E-state index is 0.106. The Morgan fingerprint density at radius 3 is 0.731 bits per heavy atom. The lowest BCUT2D eigenvalue weighted by molar-refractivity contribution is -0.161. The van der Waals surface area contributed by atoms with Gasteiger partial charge in [0.1, 0.15) is 19.3 Å². The van der Waals surface area contributed by atoms with Gasteiger partial charge in [-0.05, 0) is 43.4 Å². The normalized spacial score (nSPS) is 14.2. The van der Waals surface area contributed by atoms with Crippen LogP contribution in [0.15, 0.2) is 0 Å². The fourth-order valence-electron chi connectivity index (χ4n) is 13.2. The number of carbonyl (C=O) groups is 4. The van der Waals surface area contributed by atoms with Gasteiger partial charge in [-0.1, -0.05) is 395 Å². The Kier molecular flexibility index (Phi) is 73.7. The molecule has 0 amide bonds. The summed E-state index contributed by atoms with van der Waals surface area (Å²) in [5.74, 6) is 0.314. The van der Waals surface area contributed by atoms with Crippen LogP contribution in [-0.2, 0) is 65.4 Å². The van der Waals surface area contributed by atoms with E-state index >= 15 is 0 Å². The lowest BCUT2D eigenvalue weighted by atomic mass is 9.99. The van der Waals surface area contributed by atoms with Gasteiger partial charge in [-0.25, -0.2) is 9.13 Å². The Hall–Kier alpha value is -1.94. The topological polar surface area (TPSA) is 237 Å². The smallest absolute Gasteiger partial charge is 0.462 e. The van der Waals surface area contributed by atoms with E-state index in [0.717, 1.165) is 108 Å². The van der Waals surface area contributed by atoms with E-state index in [1.54, 1.807) is 0 Å². The van der Waals surface area contributed by atoms with Crippen molar-refractivity contribution in [2.75, 3.05) is 39.6 Å². The van der Waals surface area contributed by atoms with Crippen molar-refractivity contribution in [1.82, 2.24) is 0 Å². The maximum absolute atomic E-state index is 13.1. The van der Waals surface area contributed by atoms with E-state index in [0.29, 0.717) is 25.7 Å². The highest BCUT2D eigenvalue weighted by molar-refractivity contribution is 7.47. The molecule has 3 N–H and O–H groups in total. The van der Waals surface area contributed by atoms with Crippen molar-refractivity contribution in [2.24, 2.45) is 17.8 Å². The quantitative estimate of drug-likeness (QED) is 0.0222. The number of esters is 4. The number of aliphatic hydroxyl groups is 1. The molecular formula is C85H166O17P2. The molecule has 3 unspecified atom stereocenters. The molecule has 0 rings (SSSR count). The number of hydrogen-bond donors (Lipinski definition) is 3. The van der Waals surface area contributed by atoms with E-state index in [-0.39, 0.29) is 25.7 Å². The van der Waals surface area contributed by atoms with Crippen LogP contribution >= 0.6 is 15.6 Å². The zero-order valence-electron chi connectivity index (χ0n) is 68.5. The second kappa shape index (κ2) is 75.1. The van der Waals surface area contributed by atoms with Crippen LogP contribution in [0.4, 0.5) is 0 Å². The van der Waals surface area contributed by atoms with Crippen LogP contribution in [0.25, 0.3) is 0 Å². The Bertz CT molecular complexity index is 2010. The molecule has 0 aromatic carbocycles. The molecule has 17 nitrogen and oxygen atoms in total. The Labute approximate surface area is 638 Å². The summed E-state index contributed by atoms with van der Waals surface area (Å²) in [4.78, 5) is 73.1. The van der Waals surface area contributed by atoms with Gasteiger partial charge in [-0.3, -0.25) is 37.3 Å². The molecule has 104 heavy (non-hydrogen) atoms. The van der Waals surface area contributed by atoms with Crippen molar-refractivity contribution in [2.45, 2.75) is 465 Å². The van der Waals surface area contributed by atoms with Crippen molar-refractivity contribution < 1.29 is 80.2 Å². The molecule has 618 valence electrons. The minimum Gasteiger partial charge on any atom is -0.462 e. The van der Waals surface area contributed by atoms with Gasteiger partial charge in [0.15, 0.2) is 12.2 Å². The number of phosphoric acid groups is 2. The summed E-state index contributed by atoms with van der Waals surface area (Å²) in [6, 6.07) is 0. The summed E-state index contributed by atoms with van der Waals surface area (Å²) in [6.45, 7) is 12.0. The molecule has 6 atom stereocenters. The summed E-state index contributed by atoms with van der Waals surface area (Å²) in [5.41, 5.74) is 0. The van der Waals surface area contributed by atoms with Gasteiger partial charge in [-0.2, -0.15) is 0 Å². The molecule has 0 heterocycles. The van der Waals surface area contributed by atoms with Crippen LogP contribution in [0.1, 0.15) is 447 Å². The molecular weight excluding hydrogens is 1350 g/mol. The molecule has 0 aliphatic heterocycles. The van der Waals surface area contributed by atoms with Gasteiger partial charge in [0, 0.05) is 25.7 Å². The second-order valence-corrected chi connectivity index (χ2v) is 34.7. The molecule has 0 radical (unpaired) electrons. The number of unbranched alkanes of at least 4 members (excludes halogenated alkanes) is 50. The van der Waals surface area contributed by atoms with Crippen molar-refractivity contribution in [1.29, 1.82) is 0 Å². The van der Waals surface area contributed by atoms with Gasteiger partial charge >= 0.3 is 39.5 Å². The molecule has 0 aromatic heterocycles. The van der Waals surface area contributed by atoms with Gasteiger partial charge in [0.2, 0.25) is 0 Å². The SMILES string of the molecule is CCCCCCCCCCCCCC(=O)OC[C@H](COP(=O)(O)OC[C@H](O)COP(=O)(O)OC[C@@H](COC(=O)CCCCCCCCCCCCCCCCCCC(C)C)OC(=O)CCCCCCCCCCCCCCCCCCCCC(C)CC)OC(=O)CCCCCCCCCCCC(C)C. The first kappa shape index (κ1) is 102. The van der Waals surface area contributed by atoms with Crippen LogP contribution in [0.2, 0.25) is 0 Å².